The van der Waals surface area contributed by atoms with E-state index in [1.807, 2.05) is 24.3 Å². The predicted molar refractivity (Wildman–Crippen MR) is 107 cm³/mol. The Bertz CT molecular complexity index is 1060. The summed E-state index contributed by atoms with van der Waals surface area (Å²) in [5.41, 5.74) is 3.31. The Morgan fingerprint density at radius 1 is 1.04 bits per heavy atom. The number of nitrogens with zero attached hydrogens (tertiary/aromatic N) is 2. The maximum absolute atomic E-state index is 9.58. The summed E-state index contributed by atoms with van der Waals surface area (Å²) in [6.07, 6.45) is 2.61. The van der Waals surface area contributed by atoms with Crippen LogP contribution in [0.2, 0.25) is 0 Å². The number of fused-ring (bicyclic) bond motifs is 1. The van der Waals surface area contributed by atoms with Gasteiger partial charge in [0.2, 0.25) is 0 Å². The number of hydrogen-bond donors (Lipinski definition) is 1. The van der Waals surface area contributed by atoms with Crippen LogP contribution in [0, 0.1) is 11.3 Å². The normalized spacial score (nSPS) is 17.6. The Balaban J connectivity index is 1.67. The average Bonchev–Trinajstić information content (AvgIpc) is 3.52. The molecule has 1 aliphatic carbocycles. The SMILES string of the molecule is COc1ccc([C@@H]2C[C@H]2Nc2c(C#N)cnc3cc(OC)c(OC)cc23)cc1. The van der Waals surface area contributed by atoms with E-state index in [4.69, 9.17) is 14.2 Å². The van der Waals surface area contributed by atoms with Crippen LogP contribution in [0.5, 0.6) is 17.2 Å². The number of rotatable bonds is 6. The van der Waals surface area contributed by atoms with Crippen molar-refractivity contribution in [1.29, 1.82) is 5.26 Å². The predicted octanol–water partition coefficient (Wildman–Crippen LogP) is 4.10. The van der Waals surface area contributed by atoms with Crippen LogP contribution < -0.4 is 19.5 Å². The molecule has 4 rings (SSSR count). The molecule has 1 heterocycles. The van der Waals surface area contributed by atoms with Gasteiger partial charge in [0, 0.05) is 29.6 Å². The van der Waals surface area contributed by atoms with Gasteiger partial charge in [-0.15, -0.1) is 0 Å². The van der Waals surface area contributed by atoms with Gasteiger partial charge in [0.1, 0.15) is 11.8 Å². The molecule has 0 amide bonds. The first-order chi connectivity index (χ1) is 13.7. The molecule has 2 aromatic carbocycles. The Morgan fingerprint density at radius 3 is 2.39 bits per heavy atom. The second-order valence-electron chi connectivity index (χ2n) is 6.75. The van der Waals surface area contributed by atoms with Gasteiger partial charge in [-0.1, -0.05) is 12.1 Å². The van der Waals surface area contributed by atoms with Crippen molar-refractivity contribution in [2.24, 2.45) is 0 Å². The number of nitrogens with one attached hydrogen (secondary N) is 1. The summed E-state index contributed by atoms with van der Waals surface area (Å²) in [7, 11) is 4.85. The molecule has 6 nitrogen and oxygen atoms in total. The van der Waals surface area contributed by atoms with E-state index in [-0.39, 0.29) is 6.04 Å². The molecule has 1 aliphatic rings. The van der Waals surface area contributed by atoms with E-state index < -0.39 is 0 Å². The fraction of sp³-hybridized carbons (Fsp3) is 0.273. The van der Waals surface area contributed by atoms with Gasteiger partial charge in [0.15, 0.2) is 11.5 Å². The van der Waals surface area contributed by atoms with E-state index in [9.17, 15) is 5.26 Å². The first kappa shape index (κ1) is 17.9. The molecule has 0 saturated heterocycles. The van der Waals surface area contributed by atoms with Crippen LogP contribution in [0.1, 0.15) is 23.5 Å². The molecule has 28 heavy (non-hydrogen) atoms. The first-order valence-corrected chi connectivity index (χ1v) is 9.03. The Kier molecular flexibility index (Phi) is 4.66. The van der Waals surface area contributed by atoms with Crippen LogP contribution in [0.15, 0.2) is 42.6 Å². The maximum atomic E-state index is 9.58. The number of aromatic nitrogens is 1. The van der Waals surface area contributed by atoms with Crippen molar-refractivity contribution in [3.8, 4) is 23.3 Å². The topological polar surface area (TPSA) is 76.4 Å². The molecule has 2 atom stereocenters. The van der Waals surface area contributed by atoms with E-state index in [0.717, 1.165) is 28.8 Å². The largest absolute Gasteiger partial charge is 0.497 e. The second-order valence-corrected chi connectivity index (χ2v) is 6.75. The van der Waals surface area contributed by atoms with Crippen molar-refractivity contribution in [3.63, 3.8) is 0 Å². The molecular weight excluding hydrogens is 354 g/mol. The minimum Gasteiger partial charge on any atom is -0.497 e. The van der Waals surface area contributed by atoms with Crippen LogP contribution in [-0.4, -0.2) is 32.4 Å². The number of nitriles is 1. The van der Waals surface area contributed by atoms with Crippen molar-refractivity contribution in [2.75, 3.05) is 26.6 Å². The molecule has 0 bridgehead atoms. The van der Waals surface area contributed by atoms with Gasteiger partial charge in [-0.2, -0.15) is 5.26 Å². The summed E-state index contributed by atoms with van der Waals surface area (Å²) in [5, 5.41) is 14.0. The first-order valence-electron chi connectivity index (χ1n) is 9.03. The third-order valence-corrected chi connectivity index (χ3v) is 5.16. The summed E-state index contributed by atoms with van der Waals surface area (Å²) in [4.78, 5) is 4.41. The molecule has 0 spiro atoms. The van der Waals surface area contributed by atoms with Crippen molar-refractivity contribution in [1.82, 2.24) is 4.98 Å². The smallest absolute Gasteiger partial charge is 0.162 e. The van der Waals surface area contributed by atoms with E-state index in [0.29, 0.717) is 23.0 Å². The molecule has 0 radical (unpaired) electrons. The minimum atomic E-state index is 0.263. The lowest BCUT2D eigenvalue weighted by Gasteiger charge is -2.14. The number of methoxy groups -OCH3 is 3. The van der Waals surface area contributed by atoms with Crippen molar-refractivity contribution >= 4 is 16.6 Å². The van der Waals surface area contributed by atoms with Crippen LogP contribution in [-0.2, 0) is 0 Å². The monoisotopic (exact) mass is 375 g/mol. The number of hydrogen-bond acceptors (Lipinski definition) is 6. The van der Waals surface area contributed by atoms with Gasteiger partial charge < -0.3 is 19.5 Å². The third-order valence-electron chi connectivity index (χ3n) is 5.16. The molecule has 1 N–H and O–H groups in total. The molecule has 0 unspecified atom stereocenters. The summed E-state index contributed by atoms with van der Waals surface area (Å²) in [5.74, 6) is 2.47. The number of pyridine rings is 1. The zero-order chi connectivity index (χ0) is 19.7. The average molecular weight is 375 g/mol. The minimum absolute atomic E-state index is 0.263. The molecule has 6 heteroatoms. The zero-order valence-corrected chi connectivity index (χ0v) is 16.0. The Hall–Kier alpha value is -3.46. The standard InChI is InChI=1S/C22H21N3O3/c1-26-15-6-4-13(5-7-15)16-8-19(16)25-22-14(11-23)12-24-18-10-21(28-3)20(27-2)9-17(18)22/h4-7,9-10,12,16,19H,8H2,1-3H3,(H,24,25)/t16-,19+/m0/s1. The summed E-state index contributed by atoms with van der Waals surface area (Å²) < 4.78 is 16.0. The number of ether oxygens (including phenoxy) is 3. The molecule has 1 saturated carbocycles. The highest BCUT2D eigenvalue weighted by molar-refractivity contribution is 5.96. The molecule has 0 aliphatic heterocycles. The molecular formula is C22H21N3O3. The molecule has 1 aromatic heterocycles. The highest BCUT2D eigenvalue weighted by Crippen LogP contribution is 2.45. The van der Waals surface area contributed by atoms with E-state index in [1.54, 1.807) is 27.5 Å². The van der Waals surface area contributed by atoms with Crippen molar-refractivity contribution in [3.05, 3.63) is 53.7 Å². The molecule has 142 valence electrons. The van der Waals surface area contributed by atoms with Gasteiger partial charge in [0.05, 0.1) is 38.1 Å². The van der Waals surface area contributed by atoms with Crippen LogP contribution in [0.3, 0.4) is 0 Å². The second kappa shape index (κ2) is 7.28. The third kappa shape index (κ3) is 3.16. The highest BCUT2D eigenvalue weighted by atomic mass is 16.5. The van der Waals surface area contributed by atoms with Gasteiger partial charge in [-0.25, -0.2) is 0 Å². The van der Waals surface area contributed by atoms with E-state index >= 15 is 0 Å². The van der Waals surface area contributed by atoms with Crippen molar-refractivity contribution < 1.29 is 14.2 Å². The van der Waals surface area contributed by atoms with Crippen LogP contribution >= 0.6 is 0 Å². The van der Waals surface area contributed by atoms with Crippen LogP contribution in [0.4, 0.5) is 5.69 Å². The summed E-state index contributed by atoms with van der Waals surface area (Å²) >= 11 is 0. The maximum Gasteiger partial charge on any atom is 0.162 e. The highest BCUT2D eigenvalue weighted by Gasteiger charge is 2.39. The van der Waals surface area contributed by atoms with Gasteiger partial charge in [-0.3, -0.25) is 4.98 Å². The Morgan fingerprint density at radius 2 is 1.75 bits per heavy atom. The van der Waals surface area contributed by atoms with Gasteiger partial charge >= 0.3 is 0 Å². The number of benzene rings is 2. The summed E-state index contributed by atoms with van der Waals surface area (Å²) in [6.45, 7) is 0. The van der Waals surface area contributed by atoms with Gasteiger partial charge in [0.25, 0.3) is 0 Å². The number of anilines is 1. The van der Waals surface area contributed by atoms with Crippen molar-refractivity contribution in [2.45, 2.75) is 18.4 Å². The molecule has 1 fully saturated rings. The fourth-order valence-corrected chi connectivity index (χ4v) is 3.52. The molecule has 3 aromatic rings. The quantitative estimate of drug-likeness (QED) is 0.699. The lowest BCUT2D eigenvalue weighted by atomic mass is 10.1. The lowest BCUT2D eigenvalue weighted by molar-refractivity contribution is 0.356. The lowest BCUT2D eigenvalue weighted by Crippen LogP contribution is -2.07. The van der Waals surface area contributed by atoms with E-state index in [1.165, 1.54) is 5.56 Å². The summed E-state index contributed by atoms with van der Waals surface area (Å²) in [6, 6.07) is 14.3. The fourth-order valence-electron chi connectivity index (χ4n) is 3.52. The van der Waals surface area contributed by atoms with Gasteiger partial charge in [-0.05, 0) is 30.2 Å². The zero-order valence-electron chi connectivity index (χ0n) is 16.0. The van der Waals surface area contributed by atoms with E-state index in [2.05, 4.69) is 28.5 Å². The van der Waals surface area contributed by atoms with Crippen LogP contribution in [0.25, 0.3) is 10.9 Å². The Labute approximate surface area is 163 Å².